The molecule has 0 unspecified atom stereocenters. The summed E-state index contributed by atoms with van der Waals surface area (Å²) in [6.07, 6.45) is 5.84. The van der Waals surface area contributed by atoms with Gasteiger partial charge in [0.05, 0.1) is 22.9 Å². The van der Waals surface area contributed by atoms with Crippen molar-refractivity contribution in [3.8, 4) is 0 Å². The molecule has 3 rings (SSSR count). The third-order valence-corrected chi connectivity index (χ3v) is 3.16. The lowest BCUT2D eigenvalue weighted by atomic mass is 10.2. The van der Waals surface area contributed by atoms with Gasteiger partial charge in [-0.05, 0) is 40.6 Å². The average molecular weight is 238 g/mol. The van der Waals surface area contributed by atoms with Gasteiger partial charge in [-0.3, -0.25) is 4.98 Å². The normalized spacial score (nSPS) is 11.3. The number of aromatic nitrogens is 2. The van der Waals surface area contributed by atoms with E-state index < -0.39 is 0 Å². The lowest BCUT2D eigenvalue weighted by molar-refractivity contribution is 1.27. The molecular formula is C14H10N2S. The van der Waals surface area contributed by atoms with E-state index in [4.69, 9.17) is 0 Å². The zero-order valence-corrected chi connectivity index (χ0v) is 9.89. The summed E-state index contributed by atoms with van der Waals surface area (Å²) in [6, 6.07) is 9.97. The highest BCUT2D eigenvalue weighted by Crippen LogP contribution is 2.12. The Morgan fingerprint density at radius 3 is 2.71 bits per heavy atom. The van der Waals surface area contributed by atoms with Crippen molar-refractivity contribution in [2.24, 2.45) is 0 Å². The molecule has 0 aliphatic carbocycles. The highest BCUT2D eigenvalue weighted by molar-refractivity contribution is 7.08. The van der Waals surface area contributed by atoms with Gasteiger partial charge in [0.15, 0.2) is 0 Å². The van der Waals surface area contributed by atoms with Crippen LogP contribution < -0.4 is 0 Å². The Morgan fingerprint density at radius 2 is 1.88 bits per heavy atom. The van der Waals surface area contributed by atoms with Crippen molar-refractivity contribution < 1.29 is 0 Å². The highest BCUT2D eigenvalue weighted by Gasteiger charge is 1.95. The number of benzene rings is 1. The van der Waals surface area contributed by atoms with E-state index in [9.17, 15) is 0 Å². The molecule has 0 saturated carbocycles. The van der Waals surface area contributed by atoms with Crippen molar-refractivity contribution in [2.75, 3.05) is 0 Å². The van der Waals surface area contributed by atoms with Crippen LogP contribution in [0, 0.1) is 0 Å². The molecule has 2 nitrogen and oxygen atoms in total. The summed E-state index contributed by atoms with van der Waals surface area (Å²) in [5, 5.41) is 4.16. The molecule has 1 aromatic carbocycles. The van der Waals surface area contributed by atoms with Gasteiger partial charge in [-0.1, -0.05) is 18.2 Å². The molecule has 17 heavy (non-hydrogen) atoms. The van der Waals surface area contributed by atoms with Crippen LogP contribution >= 0.6 is 11.3 Å². The van der Waals surface area contributed by atoms with Crippen molar-refractivity contribution in [1.29, 1.82) is 0 Å². The summed E-state index contributed by atoms with van der Waals surface area (Å²) >= 11 is 1.69. The molecule has 0 aliphatic rings. The smallest absolute Gasteiger partial charge is 0.0894 e. The van der Waals surface area contributed by atoms with E-state index in [1.165, 1.54) is 5.56 Å². The van der Waals surface area contributed by atoms with Crippen LogP contribution in [0.3, 0.4) is 0 Å². The van der Waals surface area contributed by atoms with E-state index in [-0.39, 0.29) is 0 Å². The maximum Gasteiger partial charge on any atom is 0.0894 e. The zero-order chi connectivity index (χ0) is 11.5. The fourth-order valence-electron chi connectivity index (χ4n) is 1.60. The third kappa shape index (κ3) is 2.24. The molecule has 0 atom stereocenters. The second kappa shape index (κ2) is 4.47. The van der Waals surface area contributed by atoms with Crippen molar-refractivity contribution >= 4 is 34.5 Å². The number of nitrogens with zero attached hydrogens (tertiary/aromatic N) is 2. The van der Waals surface area contributed by atoms with Gasteiger partial charge in [0.25, 0.3) is 0 Å². The Hall–Kier alpha value is -2.00. The molecule has 3 aromatic rings. The average Bonchev–Trinajstić information content (AvgIpc) is 2.89. The number of hydrogen-bond acceptors (Lipinski definition) is 3. The minimum absolute atomic E-state index is 0.884. The number of para-hydroxylation sites is 2. The Bertz CT molecular complexity index is 657. The standard InChI is InChI=1S/C14H10N2S/c1-2-4-14-13(3-1)15-9-12(16-14)6-5-11-7-8-17-10-11/h1-10H. The molecule has 82 valence electrons. The van der Waals surface area contributed by atoms with Gasteiger partial charge in [-0.15, -0.1) is 0 Å². The molecule has 0 saturated heterocycles. The first-order valence-electron chi connectivity index (χ1n) is 5.34. The minimum Gasteiger partial charge on any atom is -0.252 e. The zero-order valence-electron chi connectivity index (χ0n) is 9.08. The predicted molar refractivity (Wildman–Crippen MR) is 72.8 cm³/mol. The quantitative estimate of drug-likeness (QED) is 0.677. The molecule has 3 heteroatoms. The van der Waals surface area contributed by atoms with E-state index in [0.717, 1.165) is 16.7 Å². The van der Waals surface area contributed by atoms with Crippen molar-refractivity contribution in [1.82, 2.24) is 9.97 Å². The van der Waals surface area contributed by atoms with Gasteiger partial charge in [-0.25, -0.2) is 4.98 Å². The van der Waals surface area contributed by atoms with E-state index in [2.05, 4.69) is 32.9 Å². The summed E-state index contributed by atoms with van der Waals surface area (Å²) in [4.78, 5) is 8.90. The topological polar surface area (TPSA) is 25.8 Å². The van der Waals surface area contributed by atoms with E-state index in [1.807, 2.05) is 30.3 Å². The molecule has 2 heterocycles. The van der Waals surface area contributed by atoms with Crippen LogP contribution in [0.1, 0.15) is 11.3 Å². The van der Waals surface area contributed by atoms with Gasteiger partial charge < -0.3 is 0 Å². The van der Waals surface area contributed by atoms with Gasteiger partial charge in [0.2, 0.25) is 0 Å². The SMILES string of the molecule is C(=Cc1cnc2ccccc2n1)c1ccsc1. The second-order valence-corrected chi connectivity index (χ2v) is 4.45. The van der Waals surface area contributed by atoms with Gasteiger partial charge in [0, 0.05) is 0 Å². The number of fused-ring (bicyclic) bond motifs is 1. The molecule has 2 aromatic heterocycles. The molecule has 0 spiro atoms. The highest BCUT2D eigenvalue weighted by atomic mass is 32.1. The minimum atomic E-state index is 0.884. The summed E-state index contributed by atoms with van der Waals surface area (Å²) in [7, 11) is 0. The van der Waals surface area contributed by atoms with Crippen molar-refractivity contribution in [2.45, 2.75) is 0 Å². The molecule has 0 bridgehead atoms. The summed E-state index contributed by atoms with van der Waals surface area (Å²) in [5.41, 5.74) is 3.94. The van der Waals surface area contributed by atoms with Crippen LogP contribution in [0.4, 0.5) is 0 Å². The van der Waals surface area contributed by atoms with Crippen molar-refractivity contribution in [3.63, 3.8) is 0 Å². The maximum atomic E-state index is 4.53. The monoisotopic (exact) mass is 238 g/mol. The van der Waals surface area contributed by atoms with Crippen LogP contribution in [0.15, 0.2) is 47.3 Å². The number of thiophene rings is 1. The summed E-state index contributed by atoms with van der Waals surface area (Å²) in [5.74, 6) is 0. The first-order valence-corrected chi connectivity index (χ1v) is 6.28. The van der Waals surface area contributed by atoms with E-state index >= 15 is 0 Å². The first-order chi connectivity index (χ1) is 8.42. The van der Waals surface area contributed by atoms with E-state index in [0.29, 0.717) is 0 Å². The molecule has 0 N–H and O–H groups in total. The van der Waals surface area contributed by atoms with Gasteiger partial charge >= 0.3 is 0 Å². The largest absolute Gasteiger partial charge is 0.252 e. The Labute approximate surface area is 103 Å². The maximum absolute atomic E-state index is 4.53. The second-order valence-electron chi connectivity index (χ2n) is 3.67. The van der Waals surface area contributed by atoms with Gasteiger partial charge in [0.1, 0.15) is 0 Å². The molecule has 0 aliphatic heterocycles. The van der Waals surface area contributed by atoms with Crippen LogP contribution in [0.2, 0.25) is 0 Å². The number of rotatable bonds is 2. The van der Waals surface area contributed by atoms with Gasteiger partial charge in [-0.2, -0.15) is 11.3 Å². The predicted octanol–water partition coefficient (Wildman–Crippen LogP) is 3.86. The lowest BCUT2D eigenvalue weighted by Gasteiger charge is -1.97. The number of hydrogen-bond donors (Lipinski definition) is 0. The molecule has 0 radical (unpaired) electrons. The summed E-state index contributed by atoms with van der Waals surface area (Å²) in [6.45, 7) is 0. The Morgan fingerprint density at radius 1 is 1.00 bits per heavy atom. The van der Waals surface area contributed by atoms with E-state index in [1.54, 1.807) is 17.5 Å². The fraction of sp³-hybridized carbons (Fsp3) is 0. The fourth-order valence-corrected chi connectivity index (χ4v) is 2.23. The molecular weight excluding hydrogens is 228 g/mol. The molecule has 0 amide bonds. The molecule has 0 fully saturated rings. The van der Waals surface area contributed by atoms with Crippen LogP contribution in [-0.2, 0) is 0 Å². The van der Waals surface area contributed by atoms with Crippen LogP contribution in [-0.4, -0.2) is 9.97 Å². The Balaban J connectivity index is 1.96. The Kier molecular flexibility index (Phi) is 2.68. The third-order valence-electron chi connectivity index (χ3n) is 2.46. The van der Waals surface area contributed by atoms with Crippen molar-refractivity contribution in [3.05, 3.63) is 58.5 Å². The first kappa shape index (κ1) is 10.2. The van der Waals surface area contributed by atoms with Crippen LogP contribution in [0.5, 0.6) is 0 Å². The summed E-state index contributed by atoms with van der Waals surface area (Å²) < 4.78 is 0. The van der Waals surface area contributed by atoms with Crippen LogP contribution in [0.25, 0.3) is 23.2 Å². The lowest BCUT2D eigenvalue weighted by Crippen LogP contribution is -1.86.